The molecule has 0 N–H and O–H groups in total. The average molecular weight is 220 g/mol. The molecule has 0 atom stereocenters. The number of halogens is 1. The van der Waals surface area contributed by atoms with Crippen molar-refractivity contribution in [1.82, 2.24) is 9.88 Å². The summed E-state index contributed by atoms with van der Waals surface area (Å²) in [6, 6.07) is 2.67. The van der Waals surface area contributed by atoms with Crippen LogP contribution in [0.3, 0.4) is 0 Å². The predicted molar refractivity (Wildman–Crippen MR) is 58.5 cm³/mol. The molecule has 0 unspecified atom stereocenters. The highest BCUT2D eigenvalue weighted by atomic mass is 19.1. The first-order valence-corrected chi connectivity index (χ1v) is 5.23. The standard InChI is InChI=1S/C12H13FN2O/c1-9-4-6-15(7-5-9)12(16)10-2-3-11(13)14-8-10/h2-4,8H,5-7H2,1H3. The van der Waals surface area contributed by atoms with Crippen molar-refractivity contribution in [2.75, 3.05) is 13.1 Å². The van der Waals surface area contributed by atoms with Gasteiger partial charge in [-0.15, -0.1) is 0 Å². The Hall–Kier alpha value is -1.71. The maximum absolute atomic E-state index is 12.6. The Kier molecular flexibility index (Phi) is 2.99. The molecule has 1 aromatic rings. The molecule has 2 heterocycles. The fourth-order valence-corrected chi connectivity index (χ4v) is 1.64. The summed E-state index contributed by atoms with van der Waals surface area (Å²) in [4.78, 5) is 17.2. The van der Waals surface area contributed by atoms with Crippen LogP contribution in [0.2, 0.25) is 0 Å². The normalized spacial score (nSPS) is 15.9. The van der Waals surface area contributed by atoms with Gasteiger partial charge in [0.1, 0.15) is 0 Å². The van der Waals surface area contributed by atoms with Crippen LogP contribution in [0.4, 0.5) is 4.39 Å². The van der Waals surface area contributed by atoms with E-state index in [2.05, 4.69) is 11.9 Å². The fraction of sp³-hybridized carbons (Fsp3) is 0.333. The molecule has 0 saturated heterocycles. The minimum Gasteiger partial charge on any atom is -0.335 e. The summed E-state index contributed by atoms with van der Waals surface area (Å²) in [5.74, 6) is -0.651. The van der Waals surface area contributed by atoms with Gasteiger partial charge in [-0.05, 0) is 25.5 Å². The second-order valence-corrected chi connectivity index (χ2v) is 3.92. The van der Waals surface area contributed by atoms with Gasteiger partial charge in [0.15, 0.2) is 0 Å². The van der Waals surface area contributed by atoms with Crippen molar-refractivity contribution >= 4 is 5.91 Å². The van der Waals surface area contributed by atoms with Gasteiger partial charge in [0, 0.05) is 19.3 Å². The van der Waals surface area contributed by atoms with E-state index in [1.165, 1.54) is 23.9 Å². The van der Waals surface area contributed by atoms with Crippen molar-refractivity contribution in [3.63, 3.8) is 0 Å². The SMILES string of the molecule is CC1=CCN(C(=O)c2ccc(F)nc2)CC1. The molecule has 1 aliphatic heterocycles. The second kappa shape index (κ2) is 4.43. The molecule has 0 fully saturated rings. The topological polar surface area (TPSA) is 33.2 Å². The van der Waals surface area contributed by atoms with Gasteiger partial charge in [-0.25, -0.2) is 4.98 Å². The summed E-state index contributed by atoms with van der Waals surface area (Å²) in [6.45, 7) is 3.40. The third-order valence-corrected chi connectivity index (χ3v) is 2.70. The van der Waals surface area contributed by atoms with E-state index >= 15 is 0 Å². The lowest BCUT2D eigenvalue weighted by molar-refractivity contribution is 0.0768. The monoisotopic (exact) mass is 220 g/mol. The molecule has 1 amide bonds. The highest BCUT2D eigenvalue weighted by Gasteiger charge is 2.17. The van der Waals surface area contributed by atoms with E-state index < -0.39 is 5.95 Å². The molecule has 0 aromatic carbocycles. The summed E-state index contributed by atoms with van der Waals surface area (Å²) in [5, 5.41) is 0. The van der Waals surface area contributed by atoms with Crippen LogP contribution in [0, 0.1) is 5.95 Å². The van der Waals surface area contributed by atoms with E-state index in [1.54, 1.807) is 4.90 Å². The molecule has 3 nitrogen and oxygen atoms in total. The van der Waals surface area contributed by atoms with Crippen molar-refractivity contribution in [2.45, 2.75) is 13.3 Å². The van der Waals surface area contributed by atoms with Crippen LogP contribution in [-0.4, -0.2) is 28.9 Å². The van der Waals surface area contributed by atoms with Crippen molar-refractivity contribution in [1.29, 1.82) is 0 Å². The minimum atomic E-state index is -0.564. The van der Waals surface area contributed by atoms with Gasteiger partial charge in [-0.1, -0.05) is 11.6 Å². The van der Waals surface area contributed by atoms with Gasteiger partial charge in [0.25, 0.3) is 5.91 Å². The molecule has 1 aromatic heterocycles. The lowest BCUT2D eigenvalue weighted by Crippen LogP contribution is -2.34. The Morgan fingerprint density at radius 3 is 2.88 bits per heavy atom. The Bertz CT molecular complexity index is 425. The third-order valence-electron chi connectivity index (χ3n) is 2.70. The second-order valence-electron chi connectivity index (χ2n) is 3.92. The van der Waals surface area contributed by atoms with E-state index in [1.807, 2.05) is 6.08 Å². The highest BCUT2D eigenvalue weighted by molar-refractivity contribution is 5.94. The van der Waals surface area contributed by atoms with Crippen molar-refractivity contribution in [3.8, 4) is 0 Å². The molecule has 0 spiro atoms. The molecule has 2 rings (SSSR count). The summed E-state index contributed by atoms with van der Waals surface area (Å²) >= 11 is 0. The zero-order valence-corrected chi connectivity index (χ0v) is 9.11. The smallest absolute Gasteiger partial charge is 0.255 e. The van der Waals surface area contributed by atoms with Gasteiger partial charge in [0.05, 0.1) is 5.56 Å². The number of hydrogen-bond donors (Lipinski definition) is 0. The molecular formula is C12H13FN2O. The molecule has 16 heavy (non-hydrogen) atoms. The molecule has 0 saturated carbocycles. The quantitative estimate of drug-likeness (QED) is 0.536. The van der Waals surface area contributed by atoms with E-state index in [-0.39, 0.29) is 5.91 Å². The number of aromatic nitrogens is 1. The van der Waals surface area contributed by atoms with Crippen molar-refractivity contribution < 1.29 is 9.18 Å². The van der Waals surface area contributed by atoms with Crippen LogP contribution < -0.4 is 0 Å². The first-order chi connectivity index (χ1) is 7.66. The summed E-state index contributed by atoms with van der Waals surface area (Å²) in [6.07, 6.45) is 4.22. The molecular weight excluding hydrogens is 207 g/mol. The van der Waals surface area contributed by atoms with Crippen molar-refractivity contribution in [2.24, 2.45) is 0 Å². The molecule has 0 aliphatic carbocycles. The summed E-state index contributed by atoms with van der Waals surface area (Å²) < 4.78 is 12.6. The van der Waals surface area contributed by atoms with E-state index in [9.17, 15) is 9.18 Å². The molecule has 0 radical (unpaired) electrons. The summed E-state index contributed by atoms with van der Waals surface area (Å²) in [7, 11) is 0. The molecule has 4 heteroatoms. The van der Waals surface area contributed by atoms with Crippen LogP contribution >= 0.6 is 0 Å². The van der Waals surface area contributed by atoms with Gasteiger partial charge in [-0.3, -0.25) is 4.79 Å². The first kappa shape index (κ1) is 10.8. The number of pyridine rings is 1. The number of rotatable bonds is 1. The van der Waals surface area contributed by atoms with Crippen LogP contribution in [0.25, 0.3) is 0 Å². The molecule has 84 valence electrons. The zero-order valence-electron chi connectivity index (χ0n) is 9.11. The number of carbonyl (C=O) groups is 1. The Labute approximate surface area is 93.6 Å². The Morgan fingerprint density at radius 2 is 2.31 bits per heavy atom. The van der Waals surface area contributed by atoms with Crippen molar-refractivity contribution in [3.05, 3.63) is 41.5 Å². The largest absolute Gasteiger partial charge is 0.335 e. The lowest BCUT2D eigenvalue weighted by atomic mass is 10.1. The van der Waals surface area contributed by atoms with Gasteiger partial charge >= 0.3 is 0 Å². The van der Waals surface area contributed by atoms with Crippen LogP contribution in [-0.2, 0) is 0 Å². The van der Waals surface area contributed by atoms with Crippen LogP contribution in [0.15, 0.2) is 30.0 Å². The fourth-order valence-electron chi connectivity index (χ4n) is 1.64. The third kappa shape index (κ3) is 2.27. The first-order valence-electron chi connectivity index (χ1n) is 5.23. The minimum absolute atomic E-state index is 0.0868. The van der Waals surface area contributed by atoms with Gasteiger partial charge in [0.2, 0.25) is 5.95 Å². The van der Waals surface area contributed by atoms with Crippen LogP contribution in [0.1, 0.15) is 23.7 Å². The number of amides is 1. The Morgan fingerprint density at radius 1 is 1.50 bits per heavy atom. The maximum Gasteiger partial charge on any atom is 0.255 e. The predicted octanol–water partition coefficient (Wildman–Crippen LogP) is 2.01. The van der Waals surface area contributed by atoms with Gasteiger partial charge in [-0.2, -0.15) is 4.39 Å². The molecule has 0 bridgehead atoms. The Balaban J connectivity index is 2.11. The van der Waals surface area contributed by atoms with E-state index in [0.29, 0.717) is 12.1 Å². The van der Waals surface area contributed by atoms with Gasteiger partial charge < -0.3 is 4.90 Å². The molecule has 1 aliphatic rings. The number of nitrogens with zero attached hydrogens (tertiary/aromatic N) is 2. The van der Waals surface area contributed by atoms with Crippen LogP contribution in [0.5, 0.6) is 0 Å². The maximum atomic E-state index is 12.6. The lowest BCUT2D eigenvalue weighted by Gasteiger charge is -2.25. The highest BCUT2D eigenvalue weighted by Crippen LogP contribution is 2.12. The summed E-state index contributed by atoms with van der Waals surface area (Å²) in [5.41, 5.74) is 1.75. The number of hydrogen-bond acceptors (Lipinski definition) is 2. The van der Waals surface area contributed by atoms with E-state index in [0.717, 1.165) is 13.0 Å². The zero-order chi connectivity index (χ0) is 11.5. The average Bonchev–Trinajstić information content (AvgIpc) is 2.30. The number of carbonyl (C=O) groups excluding carboxylic acids is 1. The van der Waals surface area contributed by atoms with E-state index in [4.69, 9.17) is 0 Å².